The van der Waals surface area contributed by atoms with Crippen molar-refractivity contribution in [2.24, 2.45) is 0 Å². The number of fused-ring (bicyclic) bond motifs is 1. The lowest BCUT2D eigenvalue weighted by molar-refractivity contribution is -0.385. The number of allylic oxidation sites excluding steroid dienone is 2. The van der Waals surface area contributed by atoms with Crippen molar-refractivity contribution in [2.45, 2.75) is 38.5 Å². The average molecular weight is 372 g/mol. The summed E-state index contributed by atoms with van der Waals surface area (Å²) in [6.07, 6.45) is 3.04. The van der Waals surface area contributed by atoms with Gasteiger partial charge in [-0.15, -0.1) is 0 Å². The average Bonchev–Trinajstić information content (AvgIpc) is 2.86. The number of nitrogens with zero attached hydrogens (tertiary/aromatic N) is 2. The van der Waals surface area contributed by atoms with Crippen molar-refractivity contribution in [1.82, 2.24) is 4.90 Å². The van der Waals surface area contributed by atoms with E-state index in [2.05, 4.69) is 0 Å². The number of hydrogen-bond acceptors (Lipinski definition) is 5. The summed E-state index contributed by atoms with van der Waals surface area (Å²) in [6.45, 7) is 2.19. The highest BCUT2D eigenvalue weighted by molar-refractivity contribution is 5.98. The molecule has 8 nitrogen and oxygen atoms in total. The first kappa shape index (κ1) is 18.6. The summed E-state index contributed by atoms with van der Waals surface area (Å²) >= 11 is 0. The minimum Gasteiger partial charge on any atom is -0.478 e. The zero-order chi connectivity index (χ0) is 19.7. The minimum absolute atomic E-state index is 0.0748. The van der Waals surface area contributed by atoms with Crippen LogP contribution in [0.25, 0.3) is 0 Å². The molecule has 0 aromatic heterocycles. The largest absolute Gasteiger partial charge is 0.478 e. The molecule has 1 aromatic rings. The molecule has 1 unspecified atom stereocenters. The van der Waals surface area contributed by atoms with Crippen LogP contribution >= 0.6 is 0 Å². The van der Waals surface area contributed by atoms with E-state index >= 15 is 0 Å². The lowest BCUT2D eigenvalue weighted by Crippen LogP contribution is -2.35. The molecular weight excluding hydrogens is 352 g/mol. The van der Waals surface area contributed by atoms with Crippen LogP contribution in [-0.2, 0) is 9.59 Å². The van der Waals surface area contributed by atoms with Crippen molar-refractivity contribution in [2.75, 3.05) is 6.54 Å². The SMILES string of the molecule is CC1=C(C(=O)O)C(c2ccccc2[N+](=O)[O-])C(C(=O)O)=C2CCCCCN12. The van der Waals surface area contributed by atoms with E-state index in [4.69, 9.17) is 0 Å². The number of nitro benzene ring substituents is 1. The van der Waals surface area contributed by atoms with Crippen LogP contribution in [0.5, 0.6) is 0 Å². The summed E-state index contributed by atoms with van der Waals surface area (Å²) < 4.78 is 0. The number of nitro groups is 1. The second-order valence-electron chi connectivity index (χ2n) is 6.68. The molecule has 2 heterocycles. The molecule has 8 heteroatoms. The van der Waals surface area contributed by atoms with Crippen LogP contribution in [-0.4, -0.2) is 38.5 Å². The van der Waals surface area contributed by atoms with E-state index in [9.17, 15) is 29.9 Å². The Morgan fingerprint density at radius 1 is 1.11 bits per heavy atom. The molecule has 2 N–H and O–H groups in total. The maximum absolute atomic E-state index is 12.2. The predicted octanol–water partition coefficient (Wildman–Crippen LogP) is 3.27. The van der Waals surface area contributed by atoms with Gasteiger partial charge >= 0.3 is 11.9 Å². The molecule has 0 amide bonds. The molecule has 1 saturated heterocycles. The highest BCUT2D eigenvalue weighted by Gasteiger charge is 2.42. The molecule has 27 heavy (non-hydrogen) atoms. The van der Waals surface area contributed by atoms with Crippen LogP contribution in [0.2, 0.25) is 0 Å². The number of carboxylic acid groups (broad SMARTS) is 2. The van der Waals surface area contributed by atoms with Gasteiger partial charge in [-0.2, -0.15) is 0 Å². The molecule has 2 aliphatic rings. The first-order valence-electron chi connectivity index (χ1n) is 8.75. The van der Waals surface area contributed by atoms with Crippen molar-refractivity contribution in [3.63, 3.8) is 0 Å². The van der Waals surface area contributed by atoms with E-state index in [1.807, 2.05) is 0 Å². The topological polar surface area (TPSA) is 121 Å². The first-order valence-corrected chi connectivity index (χ1v) is 8.75. The molecule has 142 valence electrons. The van der Waals surface area contributed by atoms with E-state index < -0.39 is 22.8 Å². The predicted molar refractivity (Wildman–Crippen MR) is 96.0 cm³/mol. The highest BCUT2D eigenvalue weighted by Crippen LogP contribution is 2.46. The van der Waals surface area contributed by atoms with E-state index in [0.717, 1.165) is 19.3 Å². The van der Waals surface area contributed by atoms with Crippen molar-refractivity contribution < 1.29 is 24.7 Å². The first-order chi connectivity index (χ1) is 12.8. The minimum atomic E-state index is -1.27. The van der Waals surface area contributed by atoms with Crippen molar-refractivity contribution in [3.8, 4) is 0 Å². The van der Waals surface area contributed by atoms with Crippen molar-refractivity contribution in [3.05, 3.63) is 62.5 Å². The van der Waals surface area contributed by atoms with Gasteiger partial charge in [0.25, 0.3) is 5.69 Å². The fourth-order valence-corrected chi connectivity index (χ4v) is 4.06. The Morgan fingerprint density at radius 2 is 1.78 bits per heavy atom. The summed E-state index contributed by atoms with van der Waals surface area (Å²) in [6, 6.07) is 5.75. The summed E-state index contributed by atoms with van der Waals surface area (Å²) in [5, 5.41) is 31.3. The number of aliphatic carboxylic acids is 2. The lowest BCUT2D eigenvalue weighted by atomic mass is 9.78. The van der Waals surface area contributed by atoms with Gasteiger partial charge in [-0.05, 0) is 26.2 Å². The quantitative estimate of drug-likeness (QED) is 0.614. The summed E-state index contributed by atoms with van der Waals surface area (Å²) in [4.78, 5) is 37.0. The molecule has 0 spiro atoms. The maximum Gasteiger partial charge on any atom is 0.334 e. The number of para-hydroxylation sites is 1. The normalized spacial score (nSPS) is 20.2. The van der Waals surface area contributed by atoms with Crippen LogP contribution < -0.4 is 0 Å². The fraction of sp³-hybridized carbons (Fsp3) is 0.368. The van der Waals surface area contributed by atoms with Crippen LogP contribution in [0.1, 0.15) is 44.1 Å². The van der Waals surface area contributed by atoms with Gasteiger partial charge in [0.1, 0.15) is 0 Å². The lowest BCUT2D eigenvalue weighted by Gasteiger charge is -2.37. The van der Waals surface area contributed by atoms with Gasteiger partial charge in [0, 0.05) is 29.6 Å². The molecule has 0 bridgehead atoms. The highest BCUT2D eigenvalue weighted by atomic mass is 16.6. The van der Waals surface area contributed by atoms with Gasteiger partial charge < -0.3 is 15.1 Å². The molecule has 0 saturated carbocycles. The van der Waals surface area contributed by atoms with E-state index in [1.54, 1.807) is 17.9 Å². The smallest absolute Gasteiger partial charge is 0.334 e. The molecule has 1 atom stereocenters. The maximum atomic E-state index is 12.2. The summed E-state index contributed by atoms with van der Waals surface area (Å²) in [5.41, 5.74) is 0.628. The second kappa shape index (κ2) is 7.22. The van der Waals surface area contributed by atoms with Gasteiger partial charge in [0.05, 0.1) is 22.0 Å². The van der Waals surface area contributed by atoms with Crippen LogP contribution in [0.15, 0.2) is 46.8 Å². The van der Waals surface area contributed by atoms with Gasteiger partial charge in [-0.3, -0.25) is 10.1 Å². The molecule has 0 radical (unpaired) electrons. The number of rotatable bonds is 4. The van der Waals surface area contributed by atoms with Crippen LogP contribution in [0.3, 0.4) is 0 Å². The Bertz CT molecular complexity index is 886. The van der Waals surface area contributed by atoms with Crippen molar-refractivity contribution in [1.29, 1.82) is 0 Å². The van der Waals surface area contributed by atoms with E-state index in [-0.39, 0.29) is 22.4 Å². The molecule has 2 aliphatic heterocycles. The Labute approximate surface area is 155 Å². The molecule has 1 fully saturated rings. The standard InChI is InChI=1S/C19H20N2O6/c1-11-15(18(22)23)16(12-7-4-5-8-13(12)21(26)27)17(19(24)25)14-9-3-2-6-10-20(11)14/h4-5,7-8,16H,2-3,6,9-10H2,1H3,(H,22,23)(H,24,25). The third-order valence-corrected chi connectivity index (χ3v) is 5.21. The number of carboxylic acids is 2. The molecule has 1 aromatic carbocycles. The summed E-state index contributed by atoms with van der Waals surface area (Å²) in [5.74, 6) is -3.70. The number of carbonyl (C=O) groups is 2. The third-order valence-electron chi connectivity index (χ3n) is 5.21. The molecular formula is C19H20N2O6. The summed E-state index contributed by atoms with van der Waals surface area (Å²) in [7, 11) is 0. The zero-order valence-corrected chi connectivity index (χ0v) is 14.8. The van der Waals surface area contributed by atoms with E-state index in [0.29, 0.717) is 24.4 Å². The Kier molecular flexibility index (Phi) is 4.98. The Morgan fingerprint density at radius 3 is 2.41 bits per heavy atom. The van der Waals surface area contributed by atoms with Crippen molar-refractivity contribution >= 4 is 17.6 Å². The Balaban J connectivity index is 2.34. The van der Waals surface area contributed by atoms with Gasteiger partial charge in [-0.1, -0.05) is 24.6 Å². The number of hydrogen-bond donors (Lipinski definition) is 2. The van der Waals surface area contributed by atoms with Gasteiger partial charge in [0.2, 0.25) is 0 Å². The molecule has 3 rings (SSSR count). The third kappa shape index (κ3) is 3.18. The second-order valence-corrected chi connectivity index (χ2v) is 6.68. The molecule has 0 aliphatic carbocycles. The Hall–Kier alpha value is -3.16. The van der Waals surface area contributed by atoms with Gasteiger partial charge in [0.15, 0.2) is 0 Å². The van der Waals surface area contributed by atoms with Crippen LogP contribution in [0, 0.1) is 10.1 Å². The van der Waals surface area contributed by atoms with Gasteiger partial charge in [-0.25, -0.2) is 9.59 Å². The van der Waals surface area contributed by atoms with E-state index in [1.165, 1.54) is 18.2 Å². The fourth-order valence-electron chi connectivity index (χ4n) is 4.06. The van der Waals surface area contributed by atoms with Crippen LogP contribution in [0.4, 0.5) is 5.69 Å². The number of benzene rings is 1. The zero-order valence-electron chi connectivity index (χ0n) is 14.8. The monoisotopic (exact) mass is 372 g/mol.